The van der Waals surface area contributed by atoms with Crippen molar-refractivity contribution in [3.05, 3.63) is 65.7 Å². The van der Waals surface area contributed by atoms with Crippen molar-refractivity contribution in [3.8, 4) is 0 Å². The zero-order valence-corrected chi connectivity index (χ0v) is 14.0. The van der Waals surface area contributed by atoms with Crippen LogP contribution >= 0.6 is 0 Å². The summed E-state index contributed by atoms with van der Waals surface area (Å²) < 4.78 is 0. The van der Waals surface area contributed by atoms with Gasteiger partial charge in [-0.25, -0.2) is 0 Å². The van der Waals surface area contributed by atoms with Gasteiger partial charge in [0, 0.05) is 44.5 Å². The van der Waals surface area contributed by atoms with Gasteiger partial charge in [0.05, 0.1) is 0 Å². The Balaban J connectivity index is 1.47. The fourth-order valence-corrected chi connectivity index (χ4v) is 3.33. The largest absolute Gasteiger partial charge is 0.369 e. The Bertz CT molecular complexity index is 603. The first kappa shape index (κ1) is 16.0. The molecule has 0 bridgehead atoms. The summed E-state index contributed by atoms with van der Waals surface area (Å²) in [6.45, 7) is 7.49. The Morgan fingerprint density at radius 3 is 2.39 bits per heavy atom. The molecular weight excluding hydrogens is 282 g/mol. The number of nitrogens with zero attached hydrogens (tertiary/aromatic N) is 2. The standard InChI is InChI=1S/C20H27N3/c1-17-6-5-9-20(14-17)23-12-10-22(11-13-23)16-19(21)15-18-7-3-2-4-8-18/h2-9,14,19H,10-13,15-16,21H2,1H3/t19-/m0/s1. The summed E-state index contributed by atoms with van der Waals surface area (Å²) in [6, 6.07) is 19.6. The maximum absolute atomic E-state index is 6.35. The summed E-state index contributed by atoms with van der Waals surface area (Å²) in [4.78, 5) is 4.98. The summed E-state index contributed by atoms with van der Waals surface area (Å²) >= 11 is 0. The molecule has 23 heavy (non-hydrogen) atoms. The van der Waals surface area contributed by atoms with E-state index >= 15 is 0 Å². The molecule has 0 aromatic heterocycles. The summed E-state index contributed by atoms with van der Waals surface area (Å²) in [7, 11) is 0. The van der Waals surface area contributed by atoms with Crippen LogP contribution in [-0.2, 0) is 6.42 Å². The van der Waals surface area contributed by atoms with Crippen molar-refractivity contribution in [2.75, 3.05) is 37.6 Å². The Kier molecular flexibility index (Phi) is 5.31. The van der Waals surface area contributed by atoms with Crippen molar-refractivity contribution in [1.29, 1.82) is 0 Å². The van der Waals surface area contributed by atoms with Gasteiger partial charge >= 0.3 is 0 Å². The van der Waals surface area contributed by atoms with Crippen molar-refractivity contribution < 1.29 is 0 Å². The predicted octanol–water partition coefficient (Wildman–Crippen LogP) is 2.69. The van der Waals surface area contributed by atoms with Crippen LogP contribution in [0, 0.1) is 6.92 Å². The normalized spacial score (nSPS) is 17.2. The third kappa shape index (κ3) is 4.57. The zero-order chi connectivity index (χ0) is 16.1. The van der Waals surface area contributed by atoms with Gasteiger partial charge in [-0.1, -0.05) is 42.5 Å². The van der Waals surface area contributed by atoms with Crippen LogP contribution in [0.2, 0.25) is 0 Å². The van der Waals surface area contributed by atoms with Crippen LogP contribution in [0.4, 0.5) is 5.69 Å². The molecular formula is C20H27N3. The second kappa shape index (κ2) is 7.62. The van der Waals surface area contributed by atoms with Crippen LogP contribution in [0.1, 0.15) is 11.1 Å². The molecule has 0 spiro atoms. The molecule has 1 aliphatic rings. The topological polar surface area (TPSA) is 32.5 Å². The van der Waals surface area contributed by atoms with E-state index in [1.165, 1.54) is 16.8 Å². The zero-order valence-electron chi connectivity index (χ0n) is 14.0. The molecule has 3 heteroatoms. The minimum Gasteiger partial charge on any atom is -0.369 e. The smallest absolute Gasteiger partial charge is 0.0369 e. The van der Waals surface area contributed by atoms with Gasteiger partial charge in [-0.05, 0) is 36.6 Å². The molecule has 0 unspecified atom stereocenters. The quantitative estimate of drug-likeness (QED) is 0.922. The van der Waals surface area contributed by atoms with Crippen molar-refractivity contribution >= 4 is 5.69 Å². The number of nitrogens with two attached hydrogens (primary N) is 1. The van der Waals surface area contributed by atoms with E-state index in [0.717, 1.165) is 39.1 Å². The lowest BCUT2D eigenvalue weighted by Crippen LogP contribution is -2.50. The van der Waals surface area contributed by atoms with Gasteiger partial charge in [0.15, 0.2) is 0 Å². The lowest BCUT2D eigenvalue weighted by molar-refractivity contribution is 0.242. The van der Waals surface area contributed by atoms with E-state index in [2.05, 4.69) is 71.3 Å². The molecule has 2 aromatic carbocycles. The number of rotatable bonds is 5. The third-order valence-electron chi connectivity index (χ3n) is 4.57. The molecule has 1 heterocycles. The number of anilines is 1. The Morgan fingerprint density at radius 2 is 1.70 bits per heavy atom. The summed E-state index contributed by atoms with van der Waals surface area (Å²) in [5.41, 5.74) is 10.4. The lowest BCUT2D eigenvalue weighted by atomic mass is 10.1. The van der Waals surface area contributed by atoms with Gasteiger partial charge in [-0.2, -0.15) is 0 Å². The molecule has 0 aliphatic carbocycles. The van der Waals surface area contributed by atoms with E-state index in [9.17, 15) is 0 Å². The van der Waals surface area contributed by atoms with Crippen LogP contribution < -0.4 is 10.6 Å². The van der Waals surface area contributed by atoms with Gasteiger partial charge in [0.2, 0.25) is 0 Å². The summed E-state index contributed by atoms with van der Waals surface area (Å²) in [5.74, 6) is 0. The molecule has 2 N–H and O–H groups in total. The fraction of sp³-hybridized carbons (Fsp3) is 0.400. The van der Waals surface area contributed by atoms with Crippen molar-refractivity contribution in [1.82, 2.24) is 4.90 Å². The highest BCUT2D eigenvalue weighted by atomic mass is 15.3. The van der Waals surface area contributed by atoms with Gasteiger partial charge < -0.3 is 10.6 Å². The molecule has 1 fully saturated rings. The van der Waals surface area contributed by atoms with Crippen molar-refractivity contribution in [3.63, 3.8) is 0 Å². The van der Waals surface area contributed by atoms with Gasteiger partial charge in [0.1, 0.15) is 0 Å². The second-order valence-corrected chi connectivity index (χ2v) is 6.58. The average Bonchev–Trinajstić information content (AvgIpc) is 2.56. The average molecular weight is 309 g/mol. The molecule has 3 nitrogen and oxygen atoms in total. The molecule has 0 amide bonds. The Labute approximate surface area is 139 Å². The van der Waals surface area contributed by atoms with Gasteiger partial charge in [-0.3, -0.25) is 4.90 Å². The van der Waals surface area contributed by atoms with Gasteiger partial charge in [0.25, 0.3) is 0 Å². The molecule has 1 aliphatic heterocycles. The maximum atomic E-state index is 6.35. The van der Waals surface area contributed by atoms with E-state index in [4.69, 9.17) is 5.73 Å². The molecule has 0 radical (unpaired) electrons. The van der Waals surface area contributed by atoms with Crippen LogP contribution in [0.15, 0.2) is 54.6 Å². The van der Waals surface area contributed by atoms with Crippen molar-refractivity contribution in [2.24, 2.45) is 5.73 Å². The SMILES string of the molecule is Cc1cccc(N2CCN(C[C@@H](N)Cc3ccccc3)CC2)c1. The molecule has 1 atom stereocenters. The molecule has 2 aromatic rings. The van der Waals surface area contributed by atoms with Crippen LogP contribution in [-0.4, -0.2) is 43.7 Å². The summed E-state index contributed by atoms with van der Waals surface area (Å²) in [5, 5.41) is 0. The maximum Gasteiger partial charge on any atom is 0.0369 e. The first-order chi connectivity index (χ1) is 11.2. The monoisotopic (exact) mass is 309 g/mol. The number of piperazine rings is 1. The van der Waals surface area contributed by atoms with E-state index in [1.54, 1.807) is 0 Å². The lowest BCUT2D eigenvalue weighted by Gasteiger charge is -2.37. The number of hydrogen-bond acceptors (Lipinski definition) is 3. The number of hydrogen-bond donors (Lipinski definition) is 1. The highest BCUT2D eigenvalue weighted by Crippen LogP contribution is 2.18. The first-order valence-electron chi connectivity index (χ1n) is 8.54. The number of benzene rings is 2. The fourth-order valence-electron chi connectivity index (χ4n) is 3.33. The van der Waals surface area contributed by atoms with Crippen LogP contribution in [0.25, 0.3) is 0 Å². The van der Waals surface area contributed by atoms with E-state index in [1.807, 2.05) is 0 Å². The van der Waals surface area contributed by atoms with E-state index in [-0.39, 0.29) is 6.04 Å². The van der Waals surface area contributed by atoms with E-state index < -0.39 is 0 Å². The Morgan fingerprint density at radius 1 is 0.957 bits per heavy atom. The highest BCUT2D eigenvalue weighted by molar-refractivity contribution is 5.48. The minimum atomic E-state index is 0.211. The Hall–Kier alpha value is -1.84. The predicted molar refractivity (Wildman–Crippen MR) is 98.0 cm³/mol. The molecule has 122 valence electrons. The van der Waals surface area contributed by atoms with Crippen molar-refractivity contribution in [2.45, 2.75) is 19.4 Å². The third-order valence-corrected chi connectivity index (χ3v) is 4.57. The van der Waals surface area contributed by atoms with Gasteiger partial charge in [-0.15, -0.1) is 0 Å². The second-order valence-electron chi connectivity index (χ2n) is 6.58. The van der Waals surface area contributed by atoms with Crippen LogP contribution in [0.3, 0.4) is 0 Å². The highest BCUT2D eigenvalue weighted by Gasteiger charge is 2.19. The summed E-state index contributed by atoms with van der Waals surface area (Å²) in [6.07, 6.45) is 0.957. The molecule has 1 saturated heterocycles. The molecule has 3 rings (SSSR count). The minimum absolute atomic E-state index is 0.211. The molecule has 0 saturated carbocycles. The van der Waals surface area contributed by atoms with E-state index in [0.29, 0.717) is 0 Å². The first-order valence-corrected chi connectivity index (χ1v) is 8.54. The van der Waals surface area contributed by atoms with Crippen LogP contribution in [0.5, 0.6) is 0 Å². The number of aryl methyl sites for hydroxylation is 1.